The van der Waals surface area contributed by atoms with Crippen LogP contribution in [0.5, 0.6) is 0 Å². The van der Waals surface area contributed by atoms with Crippen LogP contribution in [0.2, 0.25) is 0 Å². The molecule has 4 rings (SSSR count). The van der Waals surface area contributed by atoms with Gasteiger partial charge in [-0.3, -0.25) is 19.8 Å². The monoisotopic (exact) mass is 613 g/mol. The Morgan fingerprint density at radius 2 is 1.75 bits per heavy atom. The highest BCUT2D eigenvalue weighted by molar-refractivity contribution is 5.93. The number of alkyl carbamates (subject to hydrolysis) is 1. The number of fused-ring (bicyclic) bond motifs is 1. The summed E-state index contributed by atoms with van der Waals surface area (Å²) in [5.74, 6) is -1.57. The first-order valence-electron chi connectivity index (χ1n) is 15.5. The predicted molar refractivity (Wildman–Crippen MR) is 162 cm³/mol. The topological polar surface area (TPSA) is 146 Å². The van der Waals surface area contributed by atoms with Crippen molar-refractivity contribution in [3.63, 3.8) is 0 Å². The van der Waals surface area contributed by atoms with Gasteiger partial charge in [0.05, 0.1) is 12.5 Å². The first-order valence-corrected chi connectivity index (χ1v) is 15.5. The van der Waals surface area contributed by atoms with Gasteiger partial charge in [-0.05, 0) is 62.8 Å². The van der Waals surface area contributed by atoms with E-state index < -0.39 is 47.1 Å². The molecule has 2 heterocycles. The minimum absolute atomic E-state index is 0.0517. The number of benzene rings is 1. The molecule has 242 valence electrons. The van der Waals surface area contributed by atoms with E-state index in [9.17, 15) is 24.0 Å². The van der Waals surface area contributed by atoms with Crippen LogP contribution in [0.3, 0.4) is 0 Å². The van der Waals surface area contributed by atoms with Crippen LogP contribution < -0.4 is 16.1 Å². The number of hydrazine groups is 1. The first kappa shape index (κ1) is 33.1. The van der Waals surface area contributed by atoms with Gasteiger partial charge in [-0.25, -0.2) is 14.6 Å². The fourth-order valence-corrected chi connectivity index (χ4v) is 6.29. The van der Waals surface area contributed by atoms with Crippen LogP contribution in [-0.2, 0) is 30.5 Å². The zero-order chi connectivity index (χ0) is 32.2. The summed E-state index contributed by atoms with van der Waals surface area (Å²) >= 11 is 0. The van der Waals surface area contributed by atoms with Crippen LogP contribution in [-0.4, -0.2) is 77.1 Å². The lowest BCUT2D eigenvalue weighted by Gasteiger charge is -2.37. The number of rotatable bonds is 7. The lowest BCUT2D eigenvalue weighted by molar-refractivity contribution is -0.144. The van der Waals surface area contributed by atoms with Crippen molar-refractivity contribution in [2.75, 3.05) is 19.6 Å². The second-order valence-corrected chi connectivity index (χ2v) is 14.1. The van der Waals surface area contributed by atoms with Crippen molar-refractivity contribution in [2.45, 2.75) is 91.5 Å². The third kappa shape index (κ3) is 8.21. The molecule has 5 amide bonds. The molecule has 44 heavy (non-hydrogen) atoms. The maximum Gasteiger partial charge on any atom is 0.429 e. The Morgan fingerprint density at radius 1 is 1.05 bits per heavy atom. The largest absolute Gasteiger partial charge is 0.445 e. The molecule has 1 aromatic rings. The van der Waals surface area contributed by atoms with E-state index in [0.29, 0.717) is 19.5 Å². The minimum Gasteiger partial charge on any atom is -0.445 e. The van der Waals surface area contributed by atoms with E-state index in [1.54, 1.807) is 25.7 Å². The van der Waals surface area contributed by atoms with E-state index in [1.807, 2.05) is 51.1 Å². The normalized spacial score (nSPS) is 23.8. The summed E-state index contributed by atoms with van der Waals surface area (Å²) in [4.78, 5) is 68.1. The number of ether oxygens (including phenoxy) is 2. The number of nitrogens with zero attached hydrogens (tertiary/aromatic N) is 2. The number of likely N-dealkylation sites (tertiary alicyclic amines) is 1. The summed E-state index contributed by atoms with van der Waals surface area (Å²) in [5, 5.41) is 6.57. The molecule has 2 aliphatic heterocycles. The molecular formula is C32H47N5O7. The number of amides is 5. The highest BCUT2D eigenvalue weighted by atomic mass is 16.6. The van der Waals surface area contributed by atoms with Gasteiger partial charge in [0.15, 0.2) is 0 Å². The molecule has 0 spiro atoms. The van der Waals surface area contributed by atoms with Gasteiger partial charge in [-0.15, -0.1) is 0 Å². The molecule has 12 nitrogen and oxygen atoms in total. The molecule has 1 aromatic carbocycles. The molecule has 1 saturated carbocycles. The molecule has 0 unspecified atom stereocenters. The molecule has 12 heteroatoms. The molecule has 0 bridgehead atoms. The fourth-order valence-electron chi connectivity index (χ4n) is 6.29. The number of carbonyl (C=O) groups excluding carboxylic acids is 5. The Balaban J connectivity index is 1.53. The summed E-state index contributed by atoms with van der Waals surface area (Å²) < 4.78 is 11.0. The SMILES string of the molecule is CC(C)(C)OC(=O)N(C[C@@H]1CCNC1=O)NC(=O)[C@@H]1[C@H]2CCC[C@H]2CN1C(=O)[C@@H](NC(=O)OCc1ccccc1)C(C)(C)C. The van der Waals surface area contributed by atoms with E-state index in [2.05, 4.69) is 16.1 Å². The van der Waals surface area contributed by atoms with Crippen molar-refractivity contribution < 1.29 is 33.4 Å². The molecule has 3 N–H and O–H groups in total. The molecule has 2 saturated heterocycles. The summed E-state index contributed by atoms with van der Waals surface area (Å²) in [6.45, 7) is 11.5. The highest BCUT2D eigenvalue weighted by Crippen LogP contribution is 2.43. The Labute approximate surface area is 259 Å². The summed E-state index contributed by atoms with van der Waals surface area (Å²) in [7, 11) is 0. The minimum atomic E-state index is -0.968. The number of hydrogen-bond acceptors (Lipinski definition) is 7. The molecule has 0 aromatic heterocycles. The summed E-state index contributed by atoms with van der Waals surface area (Å²) in [5.41, 5.74) is 2.01. The van der Waals surface area contributed by atoms with Gasteiger partial charge in [-0.2, -0.15) is 0 Å². The van der Waals surface area contributed by atoms with Crippen LogP contribution >= 0.6 is 0 Å². The first-order chi connectivity index (χ1) is 20.6. The van der Waals surface area contributed by atoms with Gasteiger partial charge in [0.2, 0.25) is 11.8 Å². The van der Waals surface area contributed by atoms with Crippen LogP contribution in [0.15, 0.2) is 30.3 Å². The summed E-state index contributed by atoms with van der Waals surface area (Å²) in [6.07, 6.45) is 1.59. The average Bonchev–Trinajstić information content (AvgIpc) is 3.65. The molecule has 1 aliphatic carbocycles. The number of hydrogen-bond donors (Lipinski definition) is 3. The van der Waals surface area contributed by atoms with Crippen molar-refractivity contribution in [1.82, 2.24) is 26.0 Å². The molecule has 0 radical (unpaired) electrons. The lowest BCUT2D eigenvalue weighted by Crippen LogP contribution is -2.60. The quantitative estimate of drug-likeness (QED) is 0.400. The Bertz CT molecular complexity index is 1230. The zero-order valence-electron chi connectivity index (χ0n) is 26.7. The van der Waals surface area contributed by atoms with Gasteiger partial charge >= 0.3 is 12.2 Å². The van der Waals surface area contributed by atoms with E-state index in [4.69, 9.17) is 9.47 Å². The summed E-state index contributed by atoms with van der Waals surface area (Å²) in [6, 6.07) is 7.42. The molecular weight excluding hydrogens is 566 g/mol. The molecule has 5 atom stereocenters. The third-order valence-electron chi connectivity index (χ3n) is 8.45. The smallest absolute Gasteiger partial charge is 0.429 e. The fraction of sp³-hybridized carbons (Fsp3) is 0.656. The third-order valence-corrected chi connectivity index (χ3v) is 8.45. The average molecular weight is 614 g/mol. The Kier molecular flexibility index (Phi) is 10.1. The van der Waals surface area contributed by atoms with Crippen molar-refractivity contribution in [2.24, 2.45) is 23.2 Å². The maximum absolute atomic E-state index is 14.2. The van der Waals surface area contributed by atoms with Gasteiger partial charge in [0.1, 0.15) is 24.3 Å². The second-order valence-electron chi connectivity index (χ2n) is 14.1. The van der Waals surface area contributed by atoms with Crippen LogP contribution in [0.25, 0.3) is 0 Å². The van der Waals surface area contributed by atoms with Crippen LogP contribution in [0, 0.1) is 23.2 Å². The van der Waals surface area contributed by atoms with Crippen molar-refractivity contribution in [3.8, 4) is 0 Å². The number of carbonyl (C=O) groups is 5. The van der Waals surface area contributed by atoms with E-state index >= 15 is 0 Å². The number of nitrogens with one attached hydrogen (secondary N) is 3. The second kappa shape index (κ2) is 13.4. The van der Waals surface area contributed by atoms with Crippen LogP contribution in [0.4, 0.5) is 9.59 Å². The molecule has 3 aliphatic rings. The standard InChI is InChI=1S/C32H47N5O7/c1-31(2,3)25(34-29(41)43-19-20-11-8-7-9-12-20)28(40)36-17-21-13-10-14-23(21)24(36)27(39)35-37(30(42)44-32(4,5)6)18-22-15-16-33-26(22)38/h7-9,11-12,21-25H,10,13-19H2,1-6H3,(H,33,38)(H,34,41)(H,35,39)/t21-,22-,23-,24-,25+/m0/s1. The van der Waals surface area contributed by atoms with Crippen molar-refractivity contribution in [1.29, 1.82) is 0 Å². The lowest BCUT2D eigenvalue weighted by atomic mass is 9.85. The zero-order valence-corrected chi connectivity index (χ0v) is 26.7. The van der Waals surface area contributed by atoms with E-state index in [-0.39, 0.29) is 36.8 Å². The van der Waals surface area contributed by atoms with Crippen LogP contribution in [0.1, 0.15) is 72.8 Å². The predicted octanol–water partition coefficient (Wildman–Crippen LogP) is 3.36. The van der Waals surface area contributed by atoms with Crippen molar-refractivity contribution in [3.05, 3.63) is 35.9 Å². The van der Waals surface area contributed by atoms with Gasteiger partial charge < -0.3 is 25.0 Å². The van der Waals surface area contributed by atoms with Gasteiger partial charge in [0.25, 0.3) is 5.91 Å². The molecule has 3 fully saturated rings. The van der Waals surface area contributed by atoms with Gasteiger partial charge in [-0.1, -0.05) is 57.5 Å². The van der Waals surface area contributed by atoms with E-state index in [1.165, 1.54) is 0 Å². The van der Waals surface area contributed by atoms with Crippen molar-refractivity contribution >= 4 is 29.9 Å². The Hall–Kier alpha value is -3.83. The van der Waals surface area contributed by atoms with Gasteiger partial charge in [0, 0.05) is 13.1 Å². The maximum atomic E-state index is 14.2. The highest BCUT2D eigenvalue weighted by Gasteiger charge is 2.52. The van der Waals surface area contributed by atoms with E-state index in [0.717, 1.165) is 29.8 Å². The Morgan fingerprint density at radius 3 is 2.36 bits per heavy atom.